The van der Waals surface area contributed by atoms with Crippen molar-refractivity contribution < 1.29 is 14.3 Å². The molecule has 1 aliphatic rings. The Hall–Kier alpha value is -2.90. The first kappa shape index (κ1) is 18.9. The fourth-order valence-electron chi connectivity index (χ4n) is 3.00. The van der Waals surface area contributed by atoms with Crippen LogP contribution in [0.25, 0.3) is 0 Å². The molecule has 2 atom stereocenters. The van der Waals surface area contributed by atoms with Gasteiger partial charge in [-0.1, -0.05) is 18.2 Å². The SMILES string of the molecule is NCC(=O)N[C@@H]1CCN[C@@H](C(=O)Nc2ccc(Oc3ccccc3)cc2)C1. The number of nitrogens with two attached hydrogens (primary N) is 1. The third kappa shape index (κ3) is 5.54. The van der Waals surface area contributed by atoms with Gasteiger partial charge in [-0.3, -0.25) is 9.59 Å². The van der Waals surface area contributed by atoms with Crippen molar-refractivity contribution in [3.8, 4) is 11.5 Å². The van der Waals surface area contributed by atoms with E-state index in [-0.39, 0.29) is 30.4 Å². The van der Waals surface area contributed by atoms with Crippen LogP contribution in [0.5, 0.6) is 11.5 Å². The minimum absolute atomic E-state index is 0.0419. The molecule has 1 aliphatic heterocycles. The summed E-state index contributed by atoms with van der Waals surface area (Å²) in [6.45, 7) is 0.621. The van der Waals surface area contributed by atoms with Crippen molar-refractivity contribution in [2.45, 2.75) is 24.9 Å². The van der Waals surface area contributed by atoms with Crippen molar-refractivity contribution in [2.75, 3.05) is 18.4 Å². The lowest BCUT2D eigenvalue weighted by atomic mass is 9.98. The Morgan fingerprint density at radius 1 is 1.07 bits per heavy atom. The number of hydrogen-bond acceptors (Lipinski definition) is 5. The van der Waals surface area contributed by atoms with Crippen LogP contribution >= 0.6 is 0 Å². The van der Waals surface area contributed by atoms with Gasteiger partial charge in [0, 0.05) is 11.7 Å². The summed E-state index contributed by atoms with van der Waals surface area (Å²) in [5.74, 6) is 1.12. The first-order valence-electron chi connectivity index (χ1n) is 9.00. The van der Waals surface area contributed by atoms with Crippen molar-refractivity contribution in [3.63, 3.8) is 0 Å². The van der Waals surface area contributed by atoms with Crippen LogP contribution in [0.2, 0.25) is 0 Å². The van der Waals surface area contributed by atoms with Crippen molar-refractivity contribution >= 4 is 17.5 Å². The van der Waals surface area contributed by atoms with E-state index in [2.05, 4.69) is 16.0 Å². The Morgan fingerprint density at radius 3 is 2.48 bits per heavy atom. The van der Waals surface area contributed by atoms with E-state index in [1.54, 1.807) is 24.3 Å². The number of nitrogens with one attached hydrogen (secondary N) is 3. The highest BCUT2D eigenvalue weighted by Crippen LogP contribution is 2.23. The second-order valence-corrected chi connectivity index (χ2v) is 6.43. The summed E-state index contributed by atoms with van der Waals surface area (Å²) < 4.78 is 5.74. The van der Waals surface area contributed by atoms with E-state index in [9.17, 15) is 9.59 Å². The second kappa shape index (κ2) is 9.16. The van der Waals surface area contributed by atoms with E-state index in [1.807, 2.05) is 30.3 Å². The number of carbonyl (C=O) groups excluding carboxylic acids is 2. The van der Waals surface area contributed by atoms with Crippen molar-refractivity contribution in [1.29, 1.82) is 0 Å². The maximum Gasteiger partial charge on any atom is 0.241 e. The molecule has 0 unspecified atom stereocenters. The molecule has 0 saturated carbocycles. The van der Waals surface area contributed by atoms with Gasteiger partial charge in [0.1, 0.15) is 11.5 Å². The zero-order chi connectivity index (χ0) is 19.1. The molecule has 1 heterocycles. The van der Waals surface area contributed by atoms with Gasteiger partial charge >= 0.3 is 0 Å². The van der Waals surface area contributed by atoms with Gasteiger partial charge in [0.2, 0.25) is 11.8 Å². The molecule has 0 radical (unpaired) electrons. The van der Waals surface area contributed by atoms with Gasteiger partial charge in [0.15, 0.2) is 0 Å². The van der Waals surface area contributed by atoms with E-state index in [0.717, 1.165) is 12.2 Å². The van der Waals surface area contributed by atoms with Crippen LogP contribution in [0, 0.1) is 0 Å². The Labute approximate surface area is 158 Å². The van der Waals surface area contributed by atoms with E-state index >= 15 is 0 Å². The predicted molar refractivity (Wildman–Crippen MR) is 104 cm³/mol. The Balaban J connectivity index is 1.53. The van der Waals surface area contributed by atoms with Gasteiger partial charge in [0.25, 0.3) is 0 Å². The number of amides is 2. The molecule has 2 amide bonds. The van der Waals surface area contributed by atoms with Crippen LogP contribution in [-0.2, 0) is 9.59 Å². The standard InChI is InChI=1S/C20H24N4O3/c21-13-19(25)23-15-10-11-22-18(12-15)20(26)24-14-6-8-17(9-7-14)27-16-4-2-1-3-5-16/h1-9,15,18,22H,10-13,21H2,(H,23,25)(H,24,26)/t15-,18-/m1/s1. The van der Waals surface area contributed by atoms with Crippen LogP contribution in [0.4, 0.5) is 5.69 Å². The lowest BCUT2D eigenvalue weighted by molar-refractivity contribution is -0.122. The van der Waals surface area contributed by atoms with Gasteiger partial charge in [-0.15, -0.1) is 0 Å². The van der Waals surface area contributed by atoms with Crippen LogP contribution in [-0.4, -0.2) is 37.0 Å². The van der Waals surface area contributed by atoms with Crippen LogP contribution < -0.4 is 26.4 Å². The molecule has 7 nitrogen and oxygen atoms in total. The summed E-state index contributed by atoms with van der Waals surface area (Å²) >= 11 is 0. The highest BCUT2D eigenvalue weighted by molar-refractivity contribution is 5.95. The van der Waals surface area contributed by atoms with Crippen molar-refractivity contribution in [3.05, 3.63) is 54.6 Å². The van der Waals surface area contributed by atoms with E-state index in [1.165, 1.54) is 0 Å². The summed E-state index contributed by atoms with van der Waals surface area (Å²) in [6.07, 6.45) is 1.31. The van der Waals surface area contributed by atoms with Crippen LogP contribution in [0.1, 0.15) is 12.8 Å². The maximum atomic E-state index is 12.5. The molecule has 0 aromatic heterocycles. The zero-order valence-electron chi connectivity index (χ0n) is 15.0. The lowest BCUT2D eigenvalue weighted by Crippen LogP contribution is -2.53. The lowest BCUT2D eigenvalue weighted by Gasteiger charge is -2.30. The first-order chi connectivity index (χ1) is 13.1. The van der Waals surface area contributed by atoms with Crippen molar-refractivity contribution in [2.24, 2.45) is 5.73 Å². The monoisotopic (exact) mass is 368 g/mol. The fourth-order valence-corrected chi connectivity index (χ4v) is 3.00. The number of rotatable bonds is 6. The zero-order valence-corrected chi connectivity index (χ0v) is 15.0. The van der Waals surface area contributed by atoms with E-state index < -0.39 is 0 Å². The smallest absolute Gasteiger partial charge is 0.241 e. The molecule has 3 rings (SSSR count). The molecule has 1 saturated heterocycles. The number of hydrogen-bond donors (Lipinski definition) is 4. The van der Waals surface area contributed by atoms with Gasteiger partial charge < -0.3 is 26.4 Å². The summed E-state index contributed by atoms with van der Waals surface area (Å²) in [5, 5.41) is 8.93. The normalized spacial score (nSPS) is 19.1. The summed E-state index contributed by atoms with van der Waals surface area (Å²) in [5.41, 5.74) is 6.02. The number of anilines is 1. The quantitative estimate of drug-likeness (QED) is 0.620. The average molecular weight is 368 g/mol. The van der Waals surface area contributed by atoms with Gasteiger partial charge in [-0.25, -0.2) is 0 Å². The minimum Gasteiger partial charge on any atom is -0.457 e. The number of para-hydroxylation sites is 1. The minimum atomic E-state index is -0.359. The van der Waals surface area contributed by atoms with Crippen LogP contribution in [0.3, 0.4) is 0 Å². The topological polar surface area (TPSA) is 105 Å². The molecule has 1 fully saturated rings. The Bertz CT molecular complexity index is 765. The summed E-state index contributed by atoms with van der Waals surface area (Å²) in [7, 11) is 0. The largest absolute Gasteiger partial charge is 0.457 e. The van der Waals surface area contributed by atoms with Crippen LogP contribution in [0.15, 0.2) is 54.6 Å². The maximum absolute atomic E-state index is 12.5. The Kier molecular flexibility index (Phi) is 6.40. The first-order valence-corrected chi connectivity index (χ1v) is 9.00. The molecule has 5 N–H and O–H groups in total. The highest BCUT2D eigenvalue weighted by atomic mass is 16.5. The van der Waals surface area contributed by atoms with E-state index in [0.29, 0.717) is 24.4 Å². The highest BCUT2D eigenvalue weighted by Gasteiger charge is 2.27. The van der Waals surface area contributed by atoms with Gasteiger partial charge in [-0.05, 0) is 55.8 Å². The molecule has 0 spiro atoms. The van der Waals surface area contributed by atoms with Gasteiger partial charge in [-0.2, -0.15) is 0 Å². The number of ether oxygens (including phenoxy) is 1. The Morgan fingerprint density at radius 2 is 1.78 bits per heavy atom. The van der Waals surface area contributed by atoms with E-state index in [4.69, 9.17) is 10.5 Å². The summed E-state index contributed by atoms with van der Waals surface area (Å²) in [6, 6.07) is 16.3. The third-order valence-electron chi connectivity index (χ3n) is 4.37. The predicted octanol–water partition coefficient (Wildman–Crippen LogP) is 1.61. The molecular formula is C20H24N4O3. The third-order valence-corrected chi connectivity index (χ3v) is 4.37. The number of piperidine rings is 1. The molecule has 142 valence electrons. The molecular weight excluding hydrogens is 344 g/mol. The summed E-state index contributed by atoms with van der Waals surface area (Å²) in [4.78, 5) is 23.9. The molecule has 2 aromatic carbocycles. The second-order valence-electron chi connectivity index (χ2n) is 6.43. The number of carbonyl (C=O) groups is 2. The molecule has 7 heteroatoms. The molecule has 0 aliphatic carbocycles. The molecule has 0 bridgehead atoms. The molecule has 27 heavy (non-hydrogen) atoms. The molecule has 2 aromatic rings. The average Bonchev–Trinajstić information content (AvgIpc) is 2.70. The van der Waals surface area contributed by atoms with Crippen molar-refractivity contribution in [1.82, 2.24) is 10.6 Å². The number of benzene rings is 2. The van der Waals surface area contributed by atoms with Gasteiger partial charge in [0.05, 0.1) is 12.6 Å². The fraction of sp³-hybridized carbons (Fsp3) is 0.300.